The first-order chi connectivity index (χ1) is 14.1. The van der Waals surface area contributed by atoms with Gasteiger partial charge in [0.15, 0.2) is 0 Å². The third-order valence-corrected chi connectivity index (χ3v) is 5.80. The average molecular weight is 410 g/mol. The fraction of sp³-hybridized carbons (Fsp3) is 0.364. The maximum atomic E-state index is 12.3. The van der Waals surface area contributed by atoms with E-state index in [4.69, 9.17) is 9.72 Å². The molecule has 0 bridgehead atoms. The van der Waals surface area contributed by atoms with E-state index in [1.54, 1.807) is 24.3 Å². The summed E-state index contributed by atoms with van der Waals surface area (Å²) in [5.74, 6) is -0.211. The van der Waals surface area contributed by atoms with E-state index in [1.807, 2.05) is 6.07 Å². The molecule has 0 fully saturated rings. The van der Waals surface area contributed by atoms with Gasteiger partial charge in [-0.2, -0.15) is 5.26 Å². The second kappa shape index (κ2) is 10.1. The molecule has 0 aliphatic heterocycles. The van der Waals surface area contributed by atoms with E-state index in [0.717, 1.165) is 31.4 Å². The Morgan fingerprint density at radius 1 is 1.24 bits per heavy atom. The van der Waals surface area contributed by atoms with E-state index in [2.05, 4.69) is 11.4 Å². The predicted octanol–water partition coefficient (Wildman–Crippen LogP) is 4.13. The smallest absolute Gasteiger partial charge is 0.339 e. The van der Waals surface area contributed by atoms with Crippen LogP contribution in [0.3, 0.4) is 0 Å². The van der Waals surface area contributed by atoms with Gasteiger partial charge in [-0.15, -0.1) is 11.8 Å². The molecule has 150 valence electrons. The molecular formula is C22H23N3O3S. The van der Waals surface area contributed by atoms with Gasteiger partial charge in [-0.05, 0) is 49.4 Å². The van der Waals surface area contributed by atoms with Gasteiger partial charge < -0.3 is 10.1 Å². The molecule has 1 aliphatic rings. The van der Waals surface area contributed by atoms with Crippen LogP contribution in [0.15, 0.2) is 35.4 Å². The lowest BCUT2D eigenvalue weighted by atomic mass is 10.1. The minimum absolute atomic E-state index is 0.206. The first-order valence-electron chi connectivity index (χ1n) is 9.65. The van der Waals surface area contributed by atoms with Crippen LogP contribution in [0.2, 0.25) is 0 Å². The Balaban J connectivity index is 1.62. The van der Waals surface area contributed by atoms with Crippen LogP contribution in [0.4, 0.5) is 5.69 Å². The Kier molecular flexibility index (Phi) is 7.25. The molecule has 1 aromatic carbocycles. The zero-order valence-corrected chi connectivity index (χ0v) is 17.2. The summed E-state index contributed by atoms with van der Waals surface area (Å²) in [5, 5.41) is 12.9. The summed E-state index contributed by atoms with van der Waals surface area (Å²) in [5.41, 5.74) is 3.58. The molecule has 1 heterocycles. The molecule has 0 atom stereocenters. The molecule has 0 spiro atoms. The summed E-state index contributed by atoms with van der Waals surface area (Å²) in [4.78, 5) is 28.9. The Morgan fingerprint density at radius 2 is 2.03 bits per heavy atom. The van der Waals surface area contributed by atoms with Gasteiger partial charge in [-0.25, -0.2) is 9.78 Å². The number of ether oxygens (including phenoxy) is 1. The number of pyridine rings is 1. The van der Waals surface area contributed by atoms with Crippen LogP contribution in [0.25, 0.3) is 0 Å². The maximum Gasteiger partial charge on any atom is 0.339 e. The number of carbonyl (C=O) groups is 2. The molecule has 1 aliphatic carbocycles. The third kappa shape index (κ3) is 5.36. The van der Waals surface area contributed by atoms with Crippen molar-refractivity contribution in [3.8, 4) is 6.07 Å². The molecule has 29 heavy (non-hydrogen) atoms. The molecule has 1 amide bonds. The van der Waals surface area contributed by atoms with E-state index in [9.17, 15) is 14.9 Å². The Labute approximate surface area is 174 Å². The van der Waals surface area contributed by atoms with Crippen molar-refractivity contribution < 1.29 is 14.3 Å². The van der Waals surface area contributed by atoms with Gasteiger partial charge in [-0.3, -0.25) is 4.79 Å². The minimum atomic E-state index is -0.497. The van der Waals surface area contributed by atoms with E-state index < -0.39 is 5.97 Å². The molecule has 0 radical (unpaired) electrons. The predicted molar refractivity (Wildman–Crippen MR) is 112 cm³/mol. The lowest BCUT2D eigenvalue weighted by Gasteiger charge is -2.11. The number of nitrogens with one attached hydrogen (secondary N) is 1. The average Bonchev–Trinajstić information content (AvgIpc) is 2.97. The normalized spacial score (nSPS) is 13.0. The number of esters is 1. The molecule has 0 unspecified atom stereocenters. The van der Waals surface area contributed by atoms with Crippen molar-refractivity contribution in [1.82, 2.24) is 4.98 Å². The second-order valence-electron chi connectivity index (χ2n) is 6.80. The van der Waals surface area contributed by atoms with Crippen molar-refractivity contribution in [2.45, 2.75) is 43.6 Å². The highest BCUT2D eigenvalue weighted by molar-refractivity contribution is 7.99. The molecule has 1 N–H and O–H groups in total. The summed E-state index contributed by atoms with van der Waals surface area (Å²) in [6.45, 7) is 0. The number of methoxy groups -OCH3 is 1. The number of para-hydroxylation sites is 1. The molecule has 6 nitrogen and oxygen atoms in total. The van der Waals surface area contributed by atoms with Crippen molar-refractivity contribution in [3.63, 3.8) is 0 Å². The number of carbonyl (C=O) groups excluding carboxylic acids is 2. The molecule has 0 saturated heterocycles. The summed E-state index contributed by atoms with van der Waals surface area (Å²) in [6, 6.07) is 10.9. The second-order valence-corrected chi connectivity index (χ2v) is 7.89. The SMILES string of the molecule is COC(=O)c1ccccc1NC(=O)CCSc1nc2c(cc1C#N)CCCCC2. The monoisotopic (exact) mass is 409 g/mol. The van der Waals surface area contributed by atoms with Crippen LogP contribution in [-0.2, 0) is 22.4 Å². The van der Waals surface area contributed by atoms with Crippen LogP contribution < -0.4 is 5.32 Å². The third-order valence-electron chi connectivity index (χ3n) is 4.81. The highest BCUT2D eigenvalue weighted by Gasteiger charge is 2.16. The molecule has 3 rings (SSSR count). The van der Waals surface area contributed by atoms with Crippen LogP contribution in [-0.4, -0.2) is 29.7 Å². The van der Waals surface area contributed by atoms with Crippen LogP contribution in [0, 0.1) is 11.3 Å². The minimum Gasteiger partial charge on any atom is -0.465 e. The number of fused-ring (bicyclic) bond motifs is 1. The first kappa shape index (κ1) is 20.9. The highest BCUT2D eigenvalue weighted by Crippen LogP contribution is 2.27. The van der Waals surface area contributed by atoms with Gasteiger partial charge in [0.1, 0.15) is 11.1 Å². The zero-order chi connectivity index (χ0) is 20.6. The number of anilines is 1. The van der Waals surface area contributed by atoms with Gasteiger partial charge in [-0.1, -0.05) is 18.6 Å². The first-order valence-corrected chi connectivity index (χ1v) is 10.6. The van der Waals surface area contributed by atoms with Crippen molar-refractivity contribution in [2.75, 3.05) is 18.2 Å². The van der Waals surface area contributed by atoms with Gasteiger partial charge in [0.2, 0.25) is 5.91 Å². The topological polar surface area (TPSA) is 92.1 Å². The summed E-state index contributed by atoms with van der Waals surface area (Å²) < 4.78 is 4.74. The Bertz CT molecular complexity index is 953. The summed E-state index contributed by atoms with van der Waals surface area (Å²) in [7, 11) is 1.30. The van der Waals surface area contributed by atoms with Crippen LogP contribution >= 0.6 is 11.8 Å². The van der Waals surface area contributed by atoms with E-state index >= 15 is 0 Å². The van der Waals surface area contributed by atoms with Crippen LogP contribution in [0.1, 0.15) is 52.9 Å². The number of thioether (sulfide) groups is 1. The number of nitrogens with zero attached hydrogens (tertiary/aromatic N) is 2. The van der Waals surface area contributed by atoms with Crippen molar-refractivity contribution in [3.05, 3.63) is 52.7 Å². The molecular weight excluding hydrogens is 386 g/mol. The van der Waals surface area contributed by atoms with Crippen molar-refractivity contribution >= 4 is 29.3 Å². The largest absolute Gasteiger partial charge is 0.465 e. The molecule has 7 heteroatoms. The maximum absolute atomic E-state index is 12.3. The van der Waals surface area contributed by atoms with E-state index in [1.165, 1.54) is 30.9 Å². The summed E-state index contributed by atoms with van der Waals surface area (Å²) >= 11 is 1.42. The van der Waals surface area contributed by atoms with Gasteiger partial charge in [0, 0.05) is 17.9 Å². The number of benzene rings is 1. The molecule has 2 aromatic rings. The standard InChI is InChI=1S/C22H23N3O3S/c1-28-22(27)17-8-5-6-10-19(17)24-20(26)11-12-29-21-16(14-23)13-15-7-3-2-4-9-18(15)25-21/h5-6,8,10,13H,2-4,7,9,11-12H2,1H3,(H,24,26). The quantitative estimate of drug-likeness (QED) is 0.438. The van der Waals surface area contributed by atoms with Gasteiger partial charge in [0.25, 0.3) is 0 Å². The fourth-order valence-corrected chi connectivity index (χ4v) is 4.23. The zero-order valence-electron chi connectivity index (χ0n) is 16.4. The number of rotatable bonds is 6. The number of aromatic nitrogens is 1. The number of nitriles is 1. The lowest BCUT2D eigenvalue weighted by molar-refractivity contribution is -0.115. The number of hydrogen-bond donors (Lipinski definition) is 1. The lowest BCUT2D eigenvalue weighted by Crippen LogP contribution is -2.15. The van der Waals surface area contributed by atoms with E-state index in [0.29, 0.717) is 27.6 Å². The number of hydrogen-bond acceptors (Lipinski definition) is 6. The number of aryl methyl sites for hydroxylation is 2. The highest BCUT2D eigenvalue weighted by atomic mass is 32.2. The van der Waals surface area contributed by atoms with E-state index in [-0.39, 0.29) is 12.3 Å². The fourth-order valence-electron chi connectivity index (χ4n) is 3.31. The molecule has 0 saturated carbocycles. The van der Waals surface area contributed by atoms with Crippen molar-refractivity contribution in [1.29, 1.82) is 5.26 Å². The van der Waals surface area contributed by atoms with Crippen LogP contribution in [0.5, 0.6) is 0 Å². The molecule has 1 aromatic heterocycles. The Hall–Kier alpha value is -2.85. The number of amides is 1. The van der Waals surface area contributed by atoms with Crippen molar-refractivity contribution in [2.24, 2.45) is 0 Å². The van der Waals surface area contributed by atoms with Gasteiger partial charge in [0.05, 0.1) is 23.9 Å². The van der Waals surface area contributed by atoms with Gasteiger partial charge >= 0.3 is 5.97 Å². The summed E-state index contributed by atoms with van der Waals surface area (Å²) in [6.07, 6.45) is 5.61. The Morgan fingerprint density at radius 3 is 2.83 bits per heavy atom.